The van der Waals surface area contributed by atoms with E-state index in [2.05, 4.69) is 25.2 Å². The quantitative estimate of drug-likeness (QED) is 0.892. The van der Waals surface area contributed by atoms with E-state index in [0.29, 0.717) is 12.5 Å². The highest BCUT2D eigenvalue weighted by molar-refractivity contribution is 7.09. The predicted octanol–water partition coefficient (Wildman–Crippen LogP) is 1.66. The zero-order chi connectivity index (χ0) is 13.8. The van der Waals surface area contributed by atoms with E-state index >= 15 is 0 Å². The maximum absolute atomic E-state index is 12.0. The Morgan fingerprint density at radius 1 is 1.47 bits per heavy atom. The van der Waals surface area contributed by atoms with Crippen LogP contribution in [0.4, 0.5) is 0 Å². The molecule has 0 radical (unpaired) electrons. The van der Waals surface area contributed by atoms with Gasteiger partial charge < -0.3 is 10.2 Å². The number of thiophene rings is 1. The lowest BCUT2D eigenvalue weighted by atomic mass is 9.99. The fourth-order valence-electron chi connectivity index (χ4n) is 2.34. The van der Waals surface area contributed by atoms with E-state index in [-0.39, 0.29) is 24.4 Å². The van der Waals surface area contributed by atoms with Crippen LogP contribution in [-0.4, -0.2) is 35.8 Å². The van der Waals surface area contributed by atoms with Crippen molar-refractivity contribution in [3.8, 4) is 0 Å². The van der Waals surface area contributed by atoms with Gasteiger partial charge in [0.15, 0.2) is 0 Å². The summed E-state index contributed by atoms with van der Waals surface area (Å²) < 4.78 is 0. The first kappa shape index (κ1) is 14.1. The molecular formula is C14H20N2O2S. The molecule has 4 nitrogen and oxygen atoms in total. The number of carbonyl (C=O) groups excluding carboxylic acids is 2. The maximum atomic E-state index is 12.0. The van der Waals surface area contributed by atoms with Gasteiger partial charge in [0, 0.05) is 11.4 Å². The predicted molar refractivity (Wildman–Crippen MR) is 76.0 cm³/mol. The molecule has 2 heterocycles. The summed E-state index contributed by atoms with van der Waals surface area (Å²) in [5.41, 5.74) is 0. The summed E-state index contributed by atoms with van der Waals surface area (Å²) in [5, 5.41) is 4.72. The molecule has 1 saturated heterocycles. The van der Waals surface area contributed by atoms with E-state index in [1.165, 1.54) is 4.88 Å². The Bertz CT molecular complexity index is 442. The lowest BCUT2D eigenvalue weighted by molar-refractivity contribution is -0.146. The van der Waals surface area contributed by atoms with Crippen LogP contribution in [0.2, 0.25) is 0 Å². The van der Waals surface area contributed by atoms with Crippen molar-refractivity contribution in [3.05, 3.63) is 22.4 Å². The molecule has 2 amide bonds. The van der Waals surface area contributed by atoms with Crippen LogP contribution >= 0.6 is 11.3 Å². The van der Waals surface area contributed by atoms with Crippen LogP contribution in [0.3, 0.4) is 0 Å². The number of hydrogen-bond acceptors (Lipinski definition) is 3. The minimum atomic E-state index is -0.304. The second kappa shape index (κ2) is 6.19. The zero-order valence-electron chi connectivity index (χ0n) is 11.4. The molecule has 0 aromatic carbocycles. The summed E-state index contributed by atoms with van der Waals surface area (Å²) in [6, 6.07) is 3.77. The van der Waals surface area contributed by atoms with Crippen molar-refractivity contribution in [1.29, 1.82) is 0 Å². The molecule has 1 atom stereocenters. The van der Waals surface area contributed by atoms with Crippen LogP contribution < -0.4 is 5.32 Å². The third-order valence-electron chi connectivity index (χ3n) is 3.29. The fourth-order valence-corrected chi connectivity index (χ4v) is 3.04. The first-order chi connectivity index (χ1) is 9.08. The van der Waals surface area contributed by atoms with Gasteiger partial charge in [0.1, 0.15) is 6.04 Å². The van der Waals surface area contributed by atoms with E-state index < -0.39 is 0 Å². The molecule has 5 heteroatoms. The molecule has 0 bridgehead atoms. The van der Waals surface area contributed by atoms with Crippen molar-refractivity contribution in [3.63, 3.8) is 0 Å². The SMILES string of the molecule is CC(C)CC1C(=O)NCC(=O)N1CCc1cccs1. The molecular weight excluding hydrogens is 260 g/mol. The second-order valence-electron chi connectivity index (χ2n) is 5.28. The maximum Gasteiger partial charge on any atom is 0.243 e. The molecule has 1 unspecified atom stereocenters. The van der Waals surface area contributed by atoms with Crippen molar-refractivity contribution in [2.75, 3.05) is 13.1 Å². The summed E-state index contributed by atoms with van der Waals surface area (Å²) in [6.07, 6.45) is 1.55. The first-order valence-electron chi connectivity index (χ1n) is 6.67. The Balaban J connectivity index is 2.03. The topological polar surface area (TPSA) is 49.4 Å². The summed E-state index contributed by atoms with van der Waals surface area (Å²) in [5.74, 6) is 0.409. The largest absolute Gasteiger partial charge is 0.345 e. The molecule has 1 aliphatic heterocycles. The number of nitrogens with zero attached hydrogens (tertiary/aromatic N) is 1. The van der Waals surface area contributed by atoms with E-state index in [4.69, 9.17) is 0 Å². The second-order valence-corrected chi connectivity index (χ2v) is 6.31. The minimum Gasteiger partial charge on any atom is -0.345 e. The molecule has 0 aliphatic carbocycles. The number of hydrogen-bond donors (Lipinski definition) is 1. The van der Waals surface area contributed by atoms with E-state index in [0.717, 1.165) is 12.8 Å². The number of rotatable bonds is 5. The Labute approximate surface area is 117 Å². The molecule has 1 aliphatic rings. The third-order valence-corrected chi connectivity index (χ3v) is 4.22. The normalized spacial score (nSPS) is 19.9. The zero-order valence-corrected chi connectivity index (χ0v) is 12.2. The Morgan fingerprint density at radius 2 is 2.26 bits per heavy atom. The standard InChI is InChI=1S/C14H20N2O2S/c1-10(2)8-12-14(18)15-9-13(17)16(12)6-5-11-4-3-7-19-11/h3-4,7,10,12H,5-6,8-9H2,1-2H3,(H,15,18). The molecule has 1 aromatic rings. The van der Waals surface area contributed by atoms with Crippen LogP contribution in [-0.2, 0) is 16.0 Å². The highest BCUT2D eigenvalue weighted by Crippen LogP contribution is 2.17. The van der Waals surface area contributed by atoms with Crippen molar-refractivity contribution in [1.82, 2.24) is 10.2 Å². The third kappa shape index (κ3) is 3.56. The molecule has 0 saturated carbocycles. The Hall–Kier alpha value is -1.36. The van der Waals surface area contributed by atoms with Crippen molar-refractivity contribution >= 4 is 23.2 Å². The van der Waals surface area contributed by atoms with E-state index in [1.807, 2.05) is 11.4 Å². The number of piperazine rings is 1. The fraction of sp³-hybridized carbons (Fsp3) is 0.571. The van der Waals surface area contributed by atoms with Gasteiger partial charge in [-0.25, -0.2) is 0 Å². The molecule has 2 rings (SSSR count). The van der Waals surface area contributed by atoms with Gasteiger partial charge in [0.05, 0.1) is 6.54 Å². The van der Waals surface area contributed by atoms with Gasteiger partial charge in [-0.1, -0.05) is 19.9 Å². The van der Waals surface area contributed by atoms with E-state index in [1.54, 1.807) is 16.2 Å². The smallest absolute Gasteiger partial charge is 0.243 e. The summed E-state index contributed by atoms with van der Waals surface area (Å²) in [6.45, 7) is 4.91. The summed E-state index contributed by atoms with van der Waals surface area (Å²) in [7, 11) is 0. The lowest BCUT2D eigenvalue weighted by Gasteiger charge is -2.35. The number of nitrogens with one attached hydrogen (secondary N) is 1. The van der Waals surface area contributed by atoms with Crippen LogP contribution in [0, 0.1) is 5.92 Å². The van der Waals surface area contributed by atoms with Gasteiger partial charge in [0.25, 0.3) is 0 Å². The monoisotopic (exact) mass is 280 g/mol. The lowest BCUT2D eigenvalue weighted by Crippen LogP contribution is -2.59. The molecule has 1 aromatic heterocycles. The van der Waals surface area contributed by atoms with Crippen LogP contribution in [0.15, 0.2) is 17.5 Å². The van der Waals surface area contributed by atoms with Crippen molar-refractivity contribution in [2.24, 2.45) is 5.92 Å². The van der Waals surface area contributed by atoms with Gasteiger partial charge in [0.2, 0.25) is 11.8 Å². The average Bonchev–Trinajstić information content (AvgIpc) is 2.86. The summed E-state index contributed by atoms with van der Waals surface area (Å²) in [4.78, 5) is 27.0. The van der Waals surface area contributed by atoms with Crippen molar-refractivity contribution in [2.45, 2.75) is 32.7 Å². The molecule has 104 valence electrons. The van der Waals surface area contributed by atoms with Gasteiger partial charge in [-0.05, 0) is 30.2 Å². The first-order valence-corrected chi connectivity index (χ1v) is 7.55. The Morgan fingerprint density at radius 3 is 2.89 bits per heavy atom. The number of amides is 2. The minimum absolute atomic E-state index is 0.0144. The van der Waals surface area contributed by atoms with Crippen molar-refractivity contribution < 1.29 is 9.59 Å². The molecule has 19 heavy (non-hydrogen) atoms. The molecule has 1 fully saturated rings. The van der Waals surface area contributed by atoms with Crippen LogP contribution in [0.25, 0.3) is 0 Å². The number of carbonyl (C=O) groups is 2. The van der Waals surface area contributed by atoms with Gasteiger partial charge in [-0.3, -0.25) is 9.59 Å². The van der Waals surface area contributed by atoms with Gasteiger partial charge in [-0.2, -0.15) is 0 Å². The van der Waals surface area contributed by atoms with Gasteiger partial charge >= 0.3 is 0 Å². The Kier molecular flexibility index (Phi) is 4.58. The molecule has 0 spiro atoms. The molecule has 1 N–H and O–H groups in total. The van der Waals surface area contributed by atoms with Gasteiger partial charge in [-0.15, -0.1) is 11.3 Å². The average molecular weight is 280 g/mol. The highest BCUT2D eigenvalue weighted by atomic mass is 32.1. The van der Waals surface area contributed by atoms with Crippen LogP contribution in [0.1, 0.15) is 25.1 Å². The summed E-state index contributed by atoms with van der Waals surface area (Å²) >= 11 is 1.69. The van der Waals surface area contributed by atoms with Crippen LogP contribution in [0.5, 0.6) is 0 Å². The van der Waals surface area contributed by atoms with E-state index in [9.17, 15) is 9.59 Å². The highest BCUT2D eigenvalue weighted by Gasteiger charge is 2.34.